The van der Waals surface area contributed by atoms with Crippen LogP contribution in [0.4, 0.5) is 0 Å². The molecule has 0 aliphatic heterocycles. The summed E-state index contributed by atoms with van der Waals surface area (Å²) in [6.07, 6.45) is 19.3. The van der Waals surface area contributed by atoms with Gasteiger partial charge in [0.05, 0.1) is 6.61 Å². The van der Waals surface area contributed by atoms with Gasteiger partial charge in [0.2, 0.25) is 0 Å². The number of hydrogen-bond acceptors (Lipinski definition) is 1. The molecule has 0 radical (unpaired) electrons. The lowest BCUT2D eigenvalue weighted by Gasteiger charge is -2.07. The van der Waals surface area contributed by atoms with Crippen LogP contribution in [0, 0.1) is 0 Å². The summed E-state index contributed by atoms with van der Waals surface area (Å²) in [4.78, 5) is 0. The van der Waals surface area contributed by atoms with Crippen LogP contribution in [0.5, 0.6) is 0 Å². The largest absolute Gasteiger partial charge is 0.377 e. The van der Waals surface area contributed by atoms with Gasteiger partial charge in [0.25, 0.3) is 0 Å². The van der Waals surface area contributed by atoms with E-state index in [0.717, 1.165) is 18.6 Å². The summed E-state index contributed by atoms with van der Waals surface area (Å²) in [5.74, 6) is 0. The van der Waals surface area contributed by atoms with Gasteiger partial charge in [-0.05, 0) is 24.1 Å². The Balaban J connectivity index is 1.79. The monoisotopic (exact) mass is 400 g/mol. The minimum atomic E-state index is 0.578. The predicted molar refractivity (Wildman–Crippen MR) is 116 cm³/mol. The fourth-order valence-electron chi connectivity index (χ4n) is 3.22. The first-order chi connectivity index (χ1) is 12.7. The third kappa shape index (κ3) is 13.0. The van der Waals surface area contributed by atoms with Crippen molar-refractivity contribution in [2.75, 3.05) is 6.61 Å². The molecule has 0 unspecified atom stereocenters. The zero-order valence-corrected chi connectivity index (χ0v) is 18.2. The molecule has 0 atom stereocenters. The highest BCUT2D eigenvalue weighted by molar-refractivity contribution is 6.35. The van der Waals surface area contributed by atoms with E-state index in [1.165, 1.54) is 83.5 Å². The molecule has 0 N–H and O–H groups in total. The van der Waals surface area contributed by atoms with E-state index >= 15 is 0 Å². The molecule has 0 aliphatic carbocycles. The Bertz CT molecular complexity index is 448. The van der Waals surface area contributed by atoms with Crippen LogP contribution < -0.4 is 0 Å². The minimum Gasteiger partial charge on any atom is -0.377 e. The van der Waals surface area contributed by atoms with Crippen LogP contribution in [0.25, 0.3) is 0 Å². The van der Waals surface area contributed by atoms with E-state index in [9.17, 15) is 0 Å². The average molecular weight is 401 g/mol. The Morgan fingerprint density at radius 3 is 1.69 bits per heavy atom. The van der Waals surface area contributed by atoms with E-state index in [1.807, 2.05) is 12.1 Å². The van der Waals surface area contributed by atoms with Crippen molar-refractivity contribution in [3.05, 3.63) is 33.8 Å². The maximum atomic E-state index is 6.14. The zero-order chi connectivity index (χ0) is 18.9. The fourth-order valence-corrected chi connectivity index (χ4v) is 3.68. The number of ether oxygens (including phenoxy) is 1. The Labute approximate surface area is 171 Å². The summed E-state index contributed by atoms with van der Waals surface area (Å²) in [6.45, 7) is 3.68. The number of unbranched alkanes of at least 4 members (excludes halogenated alkanes) is 13. The van der Waals surface area contributed by atoms with E-state index in [1.54, 1.807) is 6.07 Å². The van der Waals surface area contributed by atoms with Crippen LogP contribution in [0.3, 0.4) is 0 Å². The van der Waals surface area contributed by atoms with E-state index in [-0.39, 0.29) is 0 Å². The Hall–Kier alpha value is -0.240. The molecular weight excluding hydrogens is 363 g/mol. The van der Waals surface area contributed by atoms with Crippen LogP contribution in [-0.4, -0.2) is 6.61 Å². The van der Waals surface area contributed by atoms with Crippen molar-refractivity contribution in [2.24, 2.45) is 0 Å². The molecule has 3 heteroatoms. The second-order valence-corrected chi connectivity index (χ2v) is 8.23. The fraction of sp³-hybridized carbons (Fsp3) is 0.739. The van der Waals surface area contributed by atoms with Gasteiger partial charge in [-0.15, -0.1) is 0 Å². The van der Waals surface area contributed by atoms with Gasteiger partial charge in [-0.2, -0.15) is 0 Å². The van der Waals surface area contributed by atoms with Gasteiger partial charge in [-0.1, -0.05) is 120 Å². The molecule has 0 aliphatic rings. The van der Waals surface area contributed by atoms with Crippen molar-refractivity contribution in [3.8, 4) is 0 Å². The van der Waals surface area contributed by atoms with Crippen molar-refractivity contribution in [3.63, 3.8) is 0 Å². The quantitative estimate of drug-likeness (QED) is 0.237. The highest BCUT2D eigenvalue weighted by Crippen LogP contribution is 2.21. The van der Waals surface area contributed by atoms with Gasteiger partial charge in [0.15, 0.2) is 0 Å². The molecule has 26 heavy (non-hydrogen) atoms. The molecule has 1 aromatic carbocycles. The lowest BCUT2D eigenvalue weighted by Crippen LogP contribution is -1.96. The normalized spacial score (nSPS) is 11.2. The van der Waals surface area contributed by atoms with E-state index in [4.69, 9.17) is 27.9 Å². The minimum absolute atomic E-state index is 0.578. The lowest BCUT2D eigenvalue weighted by atomic mass is 10.0. The summed E-state index contributed by atoms with van der Waals surface area (Å²) < 4.78 is 5.72. The summed E-state index contributed by atoms with van der Waals surface area (Å²) in [7, 11) is 0. The molecule has 0 saturated heterocycles. The number of benzene rings is 1. The molecule has 0 fully saturated rings. The lowest BCUT2D eigenvalue weighted by molar-refractivity contribution is 0.117. The molecule has 0 saturated carbocycles. The van der Waals surface area contributed by atoms with E-state index in [0.29, 0.717) is 16.7 Å². The SMILES string of the molecule is CCCCCCCCCCCCCCCCOCc1ccc(Cl)cc1Cl. The van der Waals surface area contributed by atoms with Crippen molar-refractivity contribution in [2.45, 2.75) is 103 Å². The Morgan fingerprint density at radius 2 is 1.19 bits per heavy atom. The molecule has 0 spiro atoms. The maximum absolute atomic E-state index is 6.14. The van der Waals surface area contributed by atoms with Gasteiger partial charge in [-0.25, -0.2) is 0 Å². The van der Waals surface area contributed by atoms with E-state index < -0.39 is 0 Å². The molecule has 0 aromatic heterocycles. The number of halogens is 2. The van der Waals surface area contributed by atoms with Crippen LogP contribution in [0.15, 0.2) is 18.2 Å². The molecular formula is C23H38Cl2O. The van der Waals surface area contributed by atoms with Gasteiger partial charge in [-0.3, -0.25) is 0 Å². The second kappa shape index (κ2) is 16.9. The van der Waals surface area contributed by atoms with Gasteiger partial charge < -0.3 is 4.74 Å². The first kappa shape index (κ1) is 23.8. The number of hydrogen-bond donors (Lipinski definition) is 0. The standard InChI is InChI=1S/C23H38Cl2O/c1-2-3-4-5-6-7-8-9-10-11-12-13-14-15-18-26-20-21-16-17-22(24)19-23(21)25/h16-17,19H,2-15,18,20H2,1H3. The Morgan fingerprint density at radius 1 is 0.692 bits per heavy atom. The molecule has 1 nitrogen and oxygen atoms in total. The first-order valence-electron chi connectivity index (χ1n) is 10.8. The summed E-state index contributed by atoms with van der Waals surface area (Å²) in [6, 6.07) is 5.57. The van der Waals surface area contributed by atoms with Crippen molar-refractivity contribution >= 4 is 23.2 Å². The molecule has 150 valence electrons. The molecule has 1 rings (SSSR count). The van der Waals surface area contributed by atoms with Crippen molar-refractivity contribution in [1.29, 1.82) is 0 Å². The van der Waals surface area contributed by atoms with Gasteiger partial charge >= 0.3 is 0 Å². The van der Waals surface area contributed by atoms with Crippen LogP contribution >= 0.6 is 23.2 Å². The first-order valence-corrected chi connectivity index (χ1v) is 11.5. The smallest absolute Gasteiger partial charge is 0.0731 e. The number of rotatable bonds is 17. The van der Waals surface area contributed by atoms with E-state index in [2.05, 4.69) is 6.92 Å². The third-order valence-corrected chi connectivity index (χ3v) is 5.50. The van der Waals surface area contributed by atoms with Gasteiger partial charge in [0, 0.05) is 16.7 Å². The average Bonchev–Trinajstić information content (AvgIpc) is 2.63. The maximum Gasteiger partial charge on any atom is 0.0731 e. The van der Waals surface area contributed by atoms with Crippen LogP contribution in [0.1, 0.15) is 102 Å². The summed E-state index contributed by atoms with van der Waals surface area (Å²) in [5.41, 5.74) is 1.02. The topological polar surface area (TPSA) is 9.23 Å². The third-order valence-electron chi connectivity index (χ3n) is 4.91. The Kier molecular flexibility index (Phi) is 15.5. The summed E-state index contributed by atoms with van der Waals surface area (Å²) >= 11 is 12.0. The highest BCUT2D eigenvalue weighted by Gasteiger charge is 2.01. The molecule has 1 aromatic rings. The highest BCUT2D eigenvalue weighted by atomic mass is 35.5. The molecule has 0 bridgehead atoms. The molecule has 0 amide bonds. The van der Waals surface area contributed by atoms with Gasteiger partial charge in [0.1, 0.15) is 0 Å². The second-order valence-electron chi connectivity index (χ2n) is 7.38. The van der Waals surface area contributed by atoms with Crippen molar-refractivity contribution in [1.82, 2.24) is 0 Å². The predicted octanol–water partition coefficient (Wildman–Crippen LogP) is 8.99. The molecule has 0 heterocycles. The summed E-state index contributed by atoms with van der Waals surface area (Å²) in [5, 5.41) is 1.36. The van der Waals surface area contributed by atoms with Crippen molar-refractivity contribution < 1.29 is 4.74 Å². The zero-order valence-electron chi connectivity index (χ0n) is 16.7. The van der Waals surface area contributed by atoms with Crippen LogP contribution in [0.2, 0.25) is 10.0 Å². The van der Waals surface area contributed by atoms with Crippen LogP contribution in [-0.2, 0) is 11.3 Å².